The Kier molecular flexibility index (Phi) is 5.66. The number of pyridine rings is 1. The minimum atomic E-state index is -4.52. The van der Waals surface area contributed by atoms with Crippen molar-refractivity contribution in [1.29, 1.82) is 0 Å². The molecule has 2 rings (SSSR count). The Morgan fingerprint density at radius 1 is 1.25 bits per heavy atom. The SMILES string of the molecule is COC(=O)CCc1ccc(Oc2ncc(C(F)(F)F)cc2Cl)cc1. The molecule has 0 unspecified atom stereocenters. The first-order chi connectivity index (χ1) is 11.3. The fraction of sp³-hybridized carbons (Fsp3) is 0.250. The van der Waals surface area contributed by atoms with Gasteiger partial charge in [-0.05, 0) is 30.2 Å². The molecule has 0 fully saturated rings. The number of nitrogens with zero attached hydrogens (tertiary/aromatic N) is 1. The molecule has 1 aromatic heterocycles. The van der Waals surface area contributed by atoms with Gasteiger partial charge in [0, 0.05) is 12.6 Å². The van der Waals surface area contributed by atoms with E-state index in [0.717, 1.165) is 11.6 Å². The van der Waals surface area contributed by atoms with Gasteiger partial charge in [0.25, 0.3) is 0 Å². The monoisotopic (exact) mass is 359 g/mol. The summed E-state index contributed by atoms with van der Waals surface area (Å²) >= 11 is 5.78. The average Bonchev–Trinajstić information content (AvgIpc) is 2.54. The van der Waals surface area contributed by atoms with Crippen LogP contribution in [0, 0.1) is 0 Å². The lowest BCUT2D eigenvalue weighted by Gasteiger charge is -2.10. The standard InChI is InChI=1S/C16H13ClF3NO3/c1-23-14(22)7-4-10-2-5-12(6-3-10)24-15-13(17)8-11(9-21-15)16(18,19)20/h2-3,5-6,8-9H,4,7H2,1H3. The van der Waals surface area contributed by atoms with Gasteiger partial charge in [-0.15, -0.1) is 0 Å². The van der Waals surface area contributed by atoms with E-state index in [1.807, 2.05) is 0 Å². The van der Waals surface area contributed by atoms with Crippen molar-refractivity contribution >= 4 is 17.6 Å². The van der Waals surface area contributed by atoms with Crippen molar-refractivity contribution in [2.45, 2.75) is 19.0 Å². The molecule has 0 radical (unpaired) electrons. The second-order valence-electron chi connectivity index (χ2n) is 4.83. The summed E-state index contributed by atoms with van der Waals surface area (Å²) in [7, 11) is 1.32. The van der Waals surface area contributed by atoms with Crippen molar-refractivity contribution < 1.29 is 27.4 Å². The molecule has 8 heteroatoms. The Labute approximate surface area is 141 Å². The first-order valence-electron chi connectivity index (χ1n) is 6.86. The summed E-state index contributed by atoms with van der Waals surface area (Å²) in [6.45, 7) is 0. The van der Waals surface area contributed by atoms with Crippen LogP contribution in [-0.2, 0) is 22.1 Å². The van der Waals surface area contributed by atoms with Crippen LogP contribution in [0.1, 0.15) is 17.5 Å². The van der Waals surface area contributed by atoms with Gasteiger partial charge in [0.1, 0.15) is 10.8 Å². The Balaban J connectivity index is 2.05. The van der Waals surface area contributed by atoms with Crippen LogP contribution >= 0.6 is 11.6 Å². The maximum Gasteiger partial charge on any atom is 0.417 e. The van der Waals surface area contributed by atoms with E-state index in [-0.39, 0.29) is 23.3 Å². The van der Waals surface area contributed by atoms with E-state index in [9.17, 15) is 18.0 Å². The zero-order chi connectivity index (χ0) is 17.7. The van der Waals surface area contributed by atoms with E-state index in [1.165, 1.54) is 7.11 Å². The predicted octanol–water partition coefficient (Wildman–Crippen LogP) is 4.65. The number of methoxy groups -OCH3 is 1. The van der Waals surface area contributed by atoms with Crippen molar-refractivity contribution in [3.8, 4) is 11.6 Å². The molecule has 0 bridgehead atoms. The van der Waals surface area contributed by atoms with E-state index < -0.39 is 11.7 Å². The average molecular weight is 360 g/mol. The number of halogens is 4. The van der Waals surface area contributed by atoms with E-state index >= 15 is 0 Å². The highest BCUT2D eigenvalue weighted by molar-refractivity contribution is 6.31. The van der Waals surface area contributed by atoms with Gasteiger partial charge in [-0.2, -0.15) is 13.2 Å². The number of aromatic nitrogens is 1. The molecule has 0 amide bonds. The van der Waals surface area contributed by atoms with Crippen LogP contribution in [0.2, 0.25) is 5.02 Å². The summed E-state index contributed by atoms with van der Waals surface area (Å²) < 4.78 is 47.6. The Morgan fingerprint density at radius 2 is 1.92 bits per heavy atom. The summed E-state index contributed by atoms with van der Waals surface area (Å²) in [5.74, 6) is -0.0611. The Morgan fingerprint density at radius 3 is 2.46 bits per heavy atom. The van der Waals surface area contributed by atoms with Crippen LogP contribution in [0.3, 0.4) is 0 Å². The predicted molar refractivity (Wildman–Crippen MR) is 81.1 cm³/mol. The fourth-order valence-electron chi connectivity index (χ4n) is 1.84. The smallest absolute Gasteiger partial charge is 0.417 e. The van der Waals surface area contributed by atoms with Crippen molar-refractivity contribution in [2.24, 2.45) is 0 Å². The zero-order valence-corrected chi connectivity index (χ0v) is 13.3. The van der Waals surface area contributed by atoms with Crippen molar-refractivity contribution in [2.75, 3.05) is 7.11 Å². The van der Waals surface area contributed by atoms with Gasteiger partial charge in [0.15, 0.2) is 0 Å². The molecular formula is C16H13ClF3NO3. The maximum absolute atomic E-state index is 12.6. The van der Waals surface area contributed by atoms with Gasteiger partial charge >= 0.3 is 12.1 Å². The number of ether oxygens (including phenoxy) is 2. The van der Waals surface area contributed by atoms with Crippen molar-refractivity contribution in [3.05, 3.63) is 52.7 Å². The van der Waals surface area contributed by atoms with E-state index in [2.05, 4.69) is 9.72 Å². The number of carbonyl (C=O) groups excluding carboxylic acids is 1. The number of rotatable bonds is 5. The van der Waals surface area contributed by atoms with Crippen LogP contribution in [0.4, 0.5) is 13.2 Å². The summed E-state index contributed by atoms with van der Waals surface area (Å²) in [6, 6.07) is 7.45. The lowest BCUT2D eigenvalue weighted by atomic mass is 10.1. The number of hydrogen-bond acceptors (Lipinski definition) is 4. The normalized spacial score (nSPS) is 11.2. The molecule has 2 aromatic rings. The second kappa shape index (κ2) is 7.53. The van der Waals surface area contributed by atoms with Gasteiger partial charge in [0.2, 0.25) is 5.88 Å². The molecule has 0 aliphatic heterocycles. The van der Waals surface area contributed by atoms with Crippen LogP contribution in [0.15, 0.2) is 36.5 Å². The maximum atomic E-state index is 12.6. The van der Waals surface area contributed by atoms with Crippen LogP contribution in [0.5, 0.6) is 11.6 Å². The van der Waals surface area contributed by atoms with Crippen LogP contribution in [-0.4, -0.2) is 18.1 Å². The van der Waals surface area contributed by atoms with Crippen LogP contribution in [0.25, 0.3) is 0 Å². The van der Waals surface area contributed by atoms with E-state index in [4.69, 9.17) is 16.3 Å². The van der Waals surface area contributed by atoms with Gasteiger partial charge in [-0.3, -0.25) is 4.79 Å². The lowest BCUT2D eigenvalue weighted by molar-refractivity contribution is -0.140. The molecule has 0 N–H and O–H groups in total. The quantitative estimate of drug-likeness (QED) is 0.729. The molecule has 4 nitrogen and oxygen atoms in total. The second-order valence-corrected chi connectivity index (χ2v) is 5.24. The zero-order valence-electron chi connectivity index (χ0n) is 12.6. The highest BCUT2D eigenvalue weighted by Gasteiger charge is 2.31. The highest BCUT2D eigenvalue weighted by Crippen LogP contribution is 2.34. The summed E-state index contributed by atoms with van der Waals surface area (Å²) in [5.41, 5.74) is -0.0581. The number of benzene rings is 1. The number of aryl methyl sites for hydroxylation is 1. The van der Waals surface area contributed by atoms with E-state index in [0.29, 0.717) is 18.4 Å². The van der Waals surface area contributed by atoms with E-state index in [1.54, 1.807) is 24.3 Å². The minimum Gasteiger partial charge on any atom is -0.469 e. The minimum absolute atomic E-state index is 0.119. The molecule has 0 spiro atoms. The van der Waals surface area contributed by atoms with Gasteiger partial charge in [-0.25, -0.2) is 4.98 Å². The molecule has 1 aromatic carbocycles. The molecule has 1 heterocycles. The number of esters is 1. The molecule has 24 heavy (non-hydrogen) atoms. The topological polar surface area (TPSA) is 48.4 Å². The van der Waals surface area contributed by atoms with Crippen molar-refractivity contribution in [1.82, 2.24) is 4.98 Å². The van der Waals surface area contributed by atoms with Gasteiger partial charge in [0.05, 0.1) is 12.7 Å². The first kappa shape index (κ1) is 18.1. The number of hydrogen-bond donors (Lipinski definition) is 0. The molecule has 0 aliphatic carbocycles. The van der Waals surface area contributed by atoms with Gasteiger partial charge < -0.3 is 9.47 Å². The summed E-state index contributed by atoms with van der Waals surface area (Å²) in [5, 5.41) is -0.236. The molecule has 0 saturated carbocycles. The van der Waals surface area contributed by atoms with Crippen molar-refractivity contribution in [3.63, 3.8) is 0 Å². The molecular weight excluding hydrogens is 347 g/mol. The van der Waals surface area contributed by atoms with Crippen LogP contribution < -0.4 is 4.74 Å². The largest absolute Gasteiger partial charge is 0.469 e. The molecule has 0 saturated heterocycles. The third kappa shape index (κ3) is 4.86. The lowest BCUT2D eigenvalue weighted by Crippen LogP contribution is -2.05. The third-order valence-electron chi connectivity index (χ3n) is 3.12. The first-order valence-corrected chi connectivity index (χ1v) is 7.23. The highest BCUT2D eigenvalue weighted by atomic mass is 35.5. The molecule has 0 atom stereocenters. The fourth-order valence-corrected chi connectivity index (χ4v) is 2.04. The summed E-state index contributed by atoms with van der Waals surface area (Å²) in [6.07, 6.45) is -3.10. The van der Waals surface area contributed by atoms with Gasteiger partial charge in [-0.1, -0.05) is 23.7 Å². The number of carbonyl (C=O) groups is 1. The molecule has 128 valence electrons. The molecule has 0 aliphatic rings. The number of alkyl halides is 3. The Bertz CT molecular complexity index is 717. The Hall–Kier alpha value is -2.28. The third-order valence-corrected chi connectivity index (χ3v) is 3.39. The summed E-state index contributed by atoms with van der Waals surface area (Å²) in [4.78, 5) is 14.7.